The van der Waals surface area contributed by atoms with E-state index in [0.717, 1.165) is 10.0 Å². The van der Waals surface area contributed by atoms with E-state index in [2.05, 4.69) is 15.9 Å². The number of hydrogen-bond donors (Lipinski definition) is 0. The maximum absolute atomic E-state index is 11.0. The second kappa shape index (κ2) is 4.77. The predicted octanol–water partition coefficient (Wildman–Crippen LogP) is 1.93. The van der Waals surface area contributed by atoms with Crippen molar-refractivity contribution >= 4 is 21.8 Å². The summed E-state index contributed by atoms with van der Waals surface area (Å²) in [6.07, 6.45) is 0. The van der Waals surface area contributed by atoms with E-state index in [1.165, 1.54) is 4.90 Å². The summed E-state index contributed by atoms with van der Waals surface area (Å²) >= 11 is 3.34. The van der Waals surface area contributed by atoms with Crippen LogP contribution in [0.1, 0.15) is 5.56 Å². The number of nitrogens with zero attached hydrogens (tertiary/aromatic N) is 2. The summed E-state index contributed by atoms with van der Waals surface area (Å²) in [5.41, 5.74) is 0.991. The lowest BCUT2D eigenvalue weighted by Gasteiger charge is -2.12. The van der Waals surface area contributed by atoms with E-state index in [0.29, 0.717) is 6.54 Å². The van der Waals surface area contributed by atoms with Crippen molar-refractivity contribution in [2.75, 3.05) is 7.05 Å². The van der Waals surface area contributed by atoms with Crippen LogP contribution >= 0.6 is 15.9 Å². The Bertz CT molecular complexity index is 384. The van der Waals surface area contributed by atoms with Gasteiger partial charge in [0.2, 0.25) is 0 Å². The average Bonchev–Trinajstić information content (AvgIpc) is 2.16. The monoisotopic (exact) mass is 252 g/mol. The van der Waals surface area contributed by atoms with E-state index in [9.17, 15) is 4.79 Å². The molecule has 72 valence electrons. The minimum Gasteiger partial charge on any atom is -0.329 e. The smallest absolute Gasteiger partial charge is 0.325 e. The largest absolute Gasteiger partial charge is 0.329 e. The zero-order valence-electron chi connectivity index (χ0n) is 7.70. The minimum atomic E-state index is -0.523. The Morgan fingerprint density at radius 1 is 1.64 bits per heavy atom. The second-order valence-corrected chi connectivity index (χ2v) is 3.82. The zero-order chi connectivity index (χ0) is 10.6. The molecule has 0 heterocycles. The van der Waals surface area contributed by atoms with Crippen LogP contribution in [0.15, 0.2) is 28.7 Å². The third kappa shape index (κ3) is 2.86. The third-order valence-electron chi connectivity index (χ3n) is 1.75. The topological polar surface area (TPSA) is 44.1 Å². The van der Waals surface area contributed by atoms with Gasteiger partial charge in [0.15, 0.2) is 6.07 Å². The van der Waals surface area contributed by atoms with Crippen LogP contribution in [0, 0.1) is 11.3 Å². The Balaban J connectivity index is 2.70. The molecule has 0 aliphatic carbocycles. The summed E-state index contributed by atoms with van der Waals surface area (Å²) in [4.78, 5) is 12.3. The van der Waals surface area contributed by atoms with Crippen molar-refractivity contribution in [3.63, 3.8) is 0 Å². The van der Waals surface area contributed by atoms with Gasteiger partial charge in [-0.15, -0.1) is 0 Å². The molecule has 14 heavy (non-hydrogen) atoms. The molecule has 0 aliphatic rings. The molecule has 1 amide bonds. The molecule has 1 aromatic rings. The van der Waals surface area contributed by atoms with E-state index in [1.807, 2.05) is 24.3 Å². The number of hydrogen-bond acceptors (Lipinski definition) is 2. The van der Waals surface area contributed by atoms with Gasteiger partial charge in [0.1, 0.15) is 0 Å². The van der Waals surface area contributed by atoms with E-state index >= 15 is 0 Å². The lowest BCUT2D eigenvalue weighted by Crippen LogP contribution is -2.24. The highest BCUT2D eigenvalue weighted by molar-refractivity contribution is 9.10. The van der Waals surface area contributed by atoms with Crippen molar-refractivity contribution in [2.24, 2.45) is 0 Å². The first kappa shape index (κ1) is 10.7. The van der Waals surface area contributed by atoms with E-state index in [-0.39, 0.29) is 0 Å². The van der Waals surface area contributed by atoms with Gasteiger partial charge in [0, 0.05) is 18.1 Å². The van der Waals surface area contributed by atoms with Gasteiger partial charge in [-0.3, -0.25) is 4.79 Å². The molecule has 0 saturated carbocycles. The van der Waals surface area contributed by atoms with Gasteiger partial charge in [-0.25, -0.2) is 0 Å². The lowest BCUT2D eigenvalue weighted by atomic mass is 10.2. The molecular weight excluding hydrogens is 244 g/mol. The van der Waals surface area contributed by atoms with Gasteiger partial charge in [-0.1, -0.05) is 28.1 Å². The number of benzene rings is 1. The summed E-state index contributed by atoms with van der Waals surface area (Å²) in [5.74, 6) is -0.523. The molecule has 0 atom stereocenters. The Hall–Kier alpha value is -1.34. The van der Waals surface area contributed by atoms with Crippen LogP contribution in [0.25, 0.3) is 0 Å². The quantitative estimate of drug-likeness (QED) is 0.756. The van der Waals surface area contributed by atoms with Crippen LogP contribution in [-0.4, -0.2) is 17.9 Å². The molecule has 0 radical (unpaired) electrons. The number of carbonyl (C=O) groups is 1. The fourth-order valence-electron chi connectivity index (χ4n) is 1.07. The first-order chi connectivity index (χ1) is 6.63. The van der Waals surface area contributed by atoms with Crippen LogP contribution in [0.5, 0.6) is 0 Å². The Kier molecular flexibility index (Phi) is 3.66. The fraction of sp³-hybridized carbons (Fsp3) is 0.200. The summed E-state index contributed by atoms with van der Waals surface area (Å²) < 4.78 is 0.966. The van der Waals surface area contributed by atoms with Crippen LogP contribution in [0.3, 0.4) is 0 Å². The summed E-state index contributed by atoms with van der Waals surface area (Å²) in [5, 5.41) is 8.39. The zero-order valence-corrected chi connectivity index (χ0v) is 9.28. The molecule has 1 aromatic carbocycles. The summed E-state index contributed by atoms with van der Waals surface area (Å²) in [6.45, 7) is 0.450. The molecule has 0 N–H and O–H groups in total. The molecule has 1 rings (SSSR count). The SMILES string of the molecule is CN(Cc1cccc(Br)c1)C(=O)C#N. The van der Waals surface area contributed by atoms with Gasteiger partial charge in [0.25, 0.3) is 0 Å². The molecular formula is C10H9BrN2O. The molecule has 4 heteroatoms. The first-order valence-corrected chi connectivity index (χ1v) is 4.82. The molecule has 0 saturated heterocycles. The average molecular weight is 253 g/mol. The number of halogens is 1. The Morgan fingerprint density at radius 2 is 2.36 bits per heavy atom. The third-order valence-corrected chi connectivity index (χ3v) is 2.24. The normalized spacial score (nSPS) is 9.21. The van der Waals surface area contributed by atoms with Crippen molar-refractivity contribution in [1.29, 1.82) is 5.26 Å². The Labute approximate surface area is 91.1 Å². The molecule has 0 fully saturated rings. The summed E-state index contributed by atoms with van der Waals surface area (Å²) in [6, 6.07) is 9.21. The fourth-order valence-corrected chi connectivity index (χ4v) is 1.51. The molecule has 0 unspecified atom stereocenters. The number of carbonyl (C=O) groups excluding carboxylic acids is 1. The molecule has 0 bridgehead atoms. The van der Waals surface area contributed by atoms with Crippen molar-refractivity contribution in [2.45, 2.75) is 6.54 Å². The number of rotatable bonds is 2. The van der Waals surface area contributed by atoms with E-state index in [1.54, 1.807) is 13.1 Å². The first-order valence-electron chi connectivity index (χ1n) is 4.03. The van der Waals surface area contributed by atoms with Crippen LogP contribution in [0.2, 0.25) is 0 Å². The highest BCUT2D eigenvalue weighted by Crippen LogP contribution is 2.12. The second-order valence-electron chi connectivity index (χ2n) is 2.90. The highest BCUT2D eigenvalue weighted by atomic mass is 79.9. The number of nitriles is 1. The van der Waals surface area contributed by atoms with Gasteiger partial charge in [0.05, 0.1) is 0 Å². The van der Waals surface area contributed by atoms with Crippen molar-refractivity contribution in [3.05, 3.63) is 34.3 Å². The van der Waals surface area contributed by atoms with Crippen molar-refractivity contribution < 1.29 is 4.79 Å². The van der Waals surface area contributed by atoms with Crippen molar-refractivity contribution in [1.82, 2.24) is 4.90 Å². The molecule has 3 nitrogen and oxygen atoms in total. The molecule has 0 aromatic heterocycles. The van der Waals surface area contributed by atoms with Crippen LogP contribution < -0.4 is 0 Å². The van der Waals surface area contributed by atoms with Crippen LogP contribution in [0.4, 0.5) is 0 Å². The Morgan fingerprint density at radius 3 is 2.93 bits per heavy atom. The maximum atomic E-state index is 11.0. The molecule has 0 spiro atoms. The minimum absolute atomic E-state index is 0.450. The van der Waals surface area contributed by atoms with Gasteiger partial charge in [-0.05, 0) is 17.7 Å². The lowest BCUT2D eigenvalue weighted by molar-refractivity contribution is -0.124. The molecule has 0 aliphatic heterocycles. The highest BCUT2D eigenvalue weighted by Gasteiger charge is 2.07. The predicted molar refractivity (Wildman–Crippen MR) is 56.2 cm³/mol. The standard InChI is InChI=1S/C10H9BrN2O/c1-13(10(14)6-12)7-8-3-2-4-9(11)5-8/h2-5H,7H2,1H3. The van der Waals surface area contributed by atoms with Gasteiger partial charge >= 0.3 is 5.91 Å². The van der Waals surface area contributed by atoms with Crippen LogP contribution in [-0.2, 0) is 11.3 Å². The number of amides is 1. The van der Waals surface area contributed by atoms with Gasteiger partial charge < -0.3 is 4.90 Å². The summed E-state index contributed by atoms with van der Waals surface area (Å²) in [7, 11) is 1.60. The van der Waals surface area contributed by atoms with Crippen molar-refractivity contribution in [3.8, 4) is 6.07 Å². The van der Waals surface area contributed by atoms with E-state index in [4.69, 9.17) is 5.26 Å². The van der Waals surface area contributed by atoms with Gasteiger partial charge in [-0.2, -0.15) is 5.26 Å². The maximum Gasteiger partial charge on any atom is 0.325 e. The van der Waals surface area contributed by atoms with E-state index < -0.39 is 5.91 Å².